The number of carbonyl (C=O) groups is 10. The van der Waals surface area contributed by atoms with Gasteiger partial charge in [0.25, 0.3) is 23.3 Å². The molecule has 23 heteroatoms. The van der Waals surface area contributed by atoms with Crippen molar-refractivity contribution in [2.45, 2.75) is 89.3 Å². The first kappa shape index (κ1) is 44.9. The van der Waals surface area contributed by atoms with Gasteiger partial charge in [-0.2, -0.15) is 0 Å². The molecule has 2 aromatic heterocycles. The number of aromatic nitrogens is 2. The lowest BCUT2D eigenvalue weighted by Gasteiger charge is -2.31. The smallest absolute Gasteiger partial charge is 0.343 e. The number of imide groups is 2. The molecule has 1 aliphatic carbocycles. The lowest BCUT2D eigenvalue weighted by molar-refractivity contribution is -0.172. The molecule has 1 aromatic carbocycles. The first-order valence-corrected chi connectivity index (χ1v) is 20.9. The monoisotopic (exact) mass is 911 g/mol. The lowest BCUT2D eigenvalue weighted by atomic mass is 9.81. The number of aryl methyl sites for hydroxylation is 1. The van der Waals surface area contributed by atoms with E-state index in [2.05, 4.69) is 21.3 Å². The highest BCUT2D eigenvalue weighted by molar-refractivity contribution is 6.13. The zero-order chi connectivity index (χ0) is 47.5. The Morgan fingerprint density at radius 2 is 1.64 bits per heavy atom. The lowest BCUT2D eigenvalue weighted by Crippen LogP contribution is -2.54. The van der Waals surface area contributed by atoms with E-state index in [1.807, 2.05) is 0 Å². The molecule has 22 nitrogen and oxygen atoms in total. The van der Waals surface area contributed by atoms with E-state index in [9.17, 15) is 57.8 Å². The average molecular weight is 912 g/mol. The van der Waals surface area contributed by atoms with Crippen LogP contribution in [0.1, 0.15) is 78.5 Å². The van der Waals surface area contributed by atoms with E-state index >= 15 is 4.39 Å². The molecule has 3 aromatic rings. The van der Waals surface area contributed by atoms with Crippen molar-refractivity contribution >= 4 is 70.0 Å². The Hall–Kier alpha value is -7.69. The number of halogens is 1. The minimum Gasteiger partial charge on any atom is -0.458 e. The van der Waals surface area contributed by atoms with Crippen molar-refractivity contribution in [1.29, 1.82) is 0 Å². The number of primary amides is 1. The zero-order valence-electron chi connectivity index (χ0n) is 35.4. The number of hydrogen-bond acceptors (Lipinski definition) is 14. The Kier molecular flexibility index (Phi) is 11.6. The Morgan fingerprint density at radius 1 is 0.955 bits per heavy atom. The summed E-state index contributed by atoms with van der Waals surface area (Å²) < 4.78 is 22.0. The molecule has 0 radical (unpaired) electrons. The van der Waals surface area contributed by atoms with Crippen molar-refractivity contribution in [2.75, 3.05) is 19.6 Å². The molecule has 8 rings (SSSR count). The van der Waals surface area contributed by atoms with Crippen LogP contribution in [0.3, 0.4) is 0 Å². The maximum Gasteiger partial charge on any atom is 0.343 e. The average Bonchev–Trinajstić information content (AvgIpc) is 3.90. The molecule has 9 amide bonds. The molecular weight excluding hydrogens is 870 g/mol. The number of pyridine rings is 2. The van der Waals surface area contributed by atoms with Gasteiger partial charge in [-0.1, -0.05) is 6.92 Å². The highest BCUT2D eigenvalue weighted by Gasteiger charge is 2.47. The maximum absolute atomic E-state index is 15.4. The molecular formula is C43H42FN9O13. The number of nitrogens with two attached hydrogens (primary N) is 1. The van der Waals surface area contributed by atoms with Crippen molar-refractivity contribution in [2.24, 2.45) is 5.73 Å². The number of carbonyl (C=O) groups excluding carboxylic acids is 10. The van der Waals surface area contributed by atoms with Crippen LogP contribution in [-0.4, -0.2) is 115 Å². The molecule has 0 saturated carbocycles. The number of ether oxygens (including phenoxy) is 1. The highest BCUT2D eigenvalue weighted by atomic mass is 19.1. The number of likely N-dealkylation sites (tertiary alicyclic amines) is 1. The molecule has 66 heavy (non-hydrogen) atoms. The second kappa shape index (κ2) is 17.0. The van der Waals surface area contributed by atoms with Crippen molar-refractivity contribution in [3.05, 3.63) is 73.8 Å². The van der Waals surface area contributed by atoms with Gasteiger partial charge < -0.3 is 41.4 Å². The number of rotatable bonds is 14. The second-order valence-electron chi connectivity index (χ2n) is 16.5. The van der Waals surface area contributed by atoms with E-state index in [0.29, 0.717) is 39.0 Å². The zero-order valence-corrected chi connectivity index (χ0v) is 35.4. The van der Waals surface area contributed by atoms with Crippen molar-refractivity contribution < 1.29 is 62.2 Å². The van der Waals surface area contributed by atoms with E-state index in [-0.39, 0.29) is 67.0 Å². The van der Waals surface area contributed by atoms with Gasteiger partial charge in [0.2, 0.25) is 35.4 Å². The van der Waals surface area contributed by atoms with Gasteiger partial charge >= 0.3 is 5.97 Å². The number of cyclic esters (lactones) is 1. The summed E-state index contributed by atoms with van der Waals surface area (Å²) in [5, 5.41) is 21.7. The van der Waals surface area contributed by atoms with E-state index in [4.69, 9.17) is 15.5 Å². The standard InChI is InChI=1S/C43H42FN9O13/c1-3-43(65)22-10-27-38-20(16-52(27)40(62)21(22)17-66-42(43)64)37-24(5-4-19-18(2)23(44)11-25(50-38)36(19)37)48-32(57)15-47-39(61)28(13-29(45)54)53-35(60)12-26(41(53)63)49-31(56)14-46-30(55)8-9-51-33(58)6-7-34(51)59/h6-7,10-11,24,26,28,65H,3-5,8-9,12-17H2,1-2H3,(H2,45,54)(H,46,55)(H,47,61)(H,48,57)(H,49,56)/t24-,26-,28-,43-/m0/s1. The van der Waals surface area contributed by atoms with Crippen LogP contribution in [0.5, 0.6) is 0 Å². The fraction of sp³-hybridized carbons (Fsp3) is 0.395. The summed E-state index contributed by atoms with van der Waals surface area (Å²) in [6, 6.07) is -1.34. The summed E-state index contributed by atoms with van der Waals surface area (Å²) in [6.45, 7) is 1.18. The van der Waals surface area contributed by atoms with Crippen molar-refractivity contribution in [1.82, 2.24) is 40.6 Å². The Balaban J connectivity index is 0.961. The van der Waals surface area contributed by atoms with Gasteiger partial charge in [-0.25, -0.2) is 14.2 Å². The molecule has 1 saturated heterocycles. The molecule has 344 valence electrons. The van der Waals surface area contributed by atoms with Crippen LogP contribution in [0.4, 0.5) is 4.39 Å². The summed E-state index contributed by atoms with van der Waals surface area (Å²) >= 11 is 0. The first-order valence-electron chi connectivity index (χ1n) is 20.9. The molecule has 4 aliphatic heterocycles. The van der Waals surface area contributed by atoms with Gasteiger partial charge in [-0.05, 0) is 48.9 Å². The molecule has 0 spiro atoms. The topological polar surface area (TPSA) is 316 Å². The van der Waals surface area contributed by atoms with Crippen molar-refractivity contribution in [3.63, 3.8) is 0 Å². The van der Waals surface area contributed by atoms with E-state index in [1.165, 1.54) is 16.7 Å². The fourth-order valence-electron chi connectivity index (χ4n) is 9.19. The molecule has 0 bridgehead atoms. The summed E-state index contributed by atoms with van der Waals surface area (Å²) in [5.74, 6) is -9.15. The third-order valence-electron chi connectivity index (χ3n) is 12.6. The predicted molar refractivity (Wildman–Crippen MR) is 221 cm³/mol. The highest BCUT2D eigenvalue weighted by Crippen LogP contribution is 2.46. The number of amides is 9. The summed E-state index contributed by atoms with van der Waals surface area (Å²) in [4.78, 5) is 147. The van der Waals surface area contributed by atoms with E-state index in [1.54, 1.807) is 13.8 Å². The summed E-state index contributed by atoms with van der Waals surface area (Å²) in [7, 11) is 0. The van der Waals surface area contributed by atoms with E-state index < -0.39 is 120 Å². The van der Waals surface area contributed by atoms with Gasteiger partial charge in [0.05, 0.1) is 61.0 Å². The number of benzene rings is 1. The number of nitrogens with zero attached hydrogens (tertiary/aromatic N) is 4. The maximum atomic E-state index is 15.4. The number of nitrogens with one attached hydrogen (secondary N) is 4. The molecule has 0 unspecified atom stereocenters. The predicted octanol–water partition coefficient (Wildman–Crippen LogP) is -2.33. The Morgan fingerprint density at radius 3 is 2.32 bits per heavy atom. The molecule has 5 aliphatic rings. The van der Waals surface area contributed by atoms with Crippen molar-refractivity contribution in [3.8, 4) is 11.4 Å². The van der Waals surface area contributed by atoms with Crippen LogP contribution >= 0.6 is 0 Å². The number of aliphatic hydroxyl groups is 1. The van der Waals surface area contributed by atoms with Crippen LogP contribution in [-0.2, 0) is 77.9 Å². The first-order chi connectivity index (χ1) is 31.3. The quantitative estimate of drug-likeness (QED) is 0.0571. The summed E-state index contributed by atoms with van der Waals surface area (Å²) in [6.07, 6.45) is 0.792. The Labute approximate surface area is 372 Å². The summed E-state index contributed by atoms with van der Waals surface area (Å²) in [5.41, 5.74) is 5.78. The Bertz CT molecular complexity index is 2840. The van der Waals surface area contributed by atoms with Crippen LogP contribution < -0.4 is 32.6 Å². The minimum absolute atomic E-state index is 0.0292. The van der Waals surface area contributed by atoms with Gasteiger partial charge in [0.1, 0.15) is 24.5 Å². The molecule has 7 N–H and O–H groups in total. The largest absolute Gasteiger partial charge is 0.458 e. The third kappa shape index (κ3) is 7.73. The third-order valence-corrected chi connectivity index (χ3v) is 12.6. The van der Waals surface area contributed by atoms with Crippen LogP contribution in [0.25, 0.3) is 22.3 Å². The van der Waals surface area contributed by atoms with Gasteiger partial charge in [0.15, 0.2) is 5.60 Å². The molecule has 6 heterocycles. The van der Waals surface area contributed by atoms with Gasteiger partial charge in [-0.15, -0.1) is 0 Å². The molecule has 4 atom stereocenters. The van der Waals surface area contributed by atoms with Crippen LogP contribution in [0.15, 0.2) is 29.1 Å². The van der Waals surface area contributed by atoms with E-state index in [0.717, 1.165) is 17.1 Å². The SMILES string of the molecule is CC[C@@]1(O)C(=O)OCc2c1cc1n(c2=O)Cc2c-1nc1cc(F)c(C)c3c1c2[C@@H](NC(=O)CNC(=O)[C@H](CC(N)=O)N1C(=O)C[C@H](NC(=O)CNC(=O)CCN2C(=O)C=CC2=O)C1=O)CC3. The van der Waals surface area contributed by atoms with Crippen LogP contribution in [0, 0.1) is 12.7 Å². The number of fused-ring (bicyclic) bond motifs is 5. The normalized spacial score (nSPS) is 20.8. The van der Waals surface area contributed by atoms with Crippen LogP contribution in [0.2, 0.25) is 0 Å². The fourth-order valence-corrected chi connectivity index (χ4v) is 9.19. The van der Waals surface area contributed by atoms with Gasteiger partial charge in [-0.3, -0.25) is 57.7 Å². The van der Waals surface area contributed by atoms with Gasteiger partial charge in [0, 0.05) is 47.7 Å². The second-order valence-corrected chi connectivity index (χ2v) is 16.5. The number of hydrogen-bond donors (Lipinski definition) is 6. The number of esters is 1. The molecule has 1 fully saturated rings. The minimum atomic E-state index is -2.10.